The van der Waals surface area contributed by atoms with E-state index in [-0.39, 0.29) is 5.82 Å². The molecule has 0 aliphatic carbocycles. The van der Waals surface area contributed by atoms with Crippen LogP contribution >= 0.6 is 23.4 Å². The maximum Gasteiger partial charge on any atom is 0.125 e. The first kappa shape index (κ1) is 13.7. The third kappa shape index (κ3) is 2.98. The van der Waals surface area contributed by atoms with Gasteiger partial charge in [0.1, 0.15) is 11.6 Å². The fourth-order valence-electron chi connectivity index (χ4n) is 2.01. The lowest BCUT2D eigenvalue weighted by atomic mass is 10.3. The van der Waals surface area contributed by atoms with Crippen molar-refractivity contribution in [1.82, 2.24) is 9.55 Å². The molecule has 0 spiro atoms. The first-order valence-electron chi connectivity index (χ1n) is 5.96. The Bertz CT molecular complexity index is 527. The molecule has 0 fully saturated rings. The van der Waals surface area contributed by atoms with Crippen LogP contribution in [0.2, 0.25) is 0 Å². The van der Waals surface area contributed by atoms with Crippen LogP contribution in [0.15, 0.2) is 18.2 Å². The molecule has 0 unspecified atom stereocenters. The van der Waals surface area contributed by atoms with Crippen molar-refractivity contribution in [2.75, 3.05) is 12.0 Å². The van der Waals surface area contributed by atoms with E-state index < -0.39 is 0 Å². The van der Waals surface area contributed by atoms with Crippen LogP contribution in [-0.4, -0.2) is 21.6 Å². The van der Waals surface area contributed by atoms with E-state index >= 15 is 0 Å². The third-order valence-electron chi connectivity index (χ3n) is 2.89. The number of aryl methyl sites for hydroxylation is 1. The molecule has 0 aliphatic heterocycles. The highest BCUT2D eigenvalue weighted by molar-refractivity contribution is 7.98. The van der Waals surface area contributed by atoms with E-state index in [0.29, 0.717) is 5.88 Å². The standard InChI is InChI=1S/C13H16ClFN2S/c1-18-7-3-2-6-17-12-8-10(15)4-5-11(12)16-13(17)9-14/h4-5,8H,2-3,6-7,9H2,1H3. The molecule has 1 aromatic carbocycles. The summed E-state index contributed by atoms with van der Waals surface area (Å²) in [7, 11) is 0. The van der Waals surface area contributed by atoms with Crippen LogP contribution in [-0.2, 0) is 12.4 Å². The van der Waals surface area contributed by atoms with E-state index in [1.165, 1.54) is 12.1 Å². The number of hydrogen-bond donors (Lipinski definition) is 0. The number of benzene rings is 1. The molecule has 0 aliphatic rings. The zero-order chi connectivity index (χ0) is 13.0. The van der Waals surface area contributed by atoms with Gasteiger partial charge in [0, 0.05) is 6.54 Å². The topological polar surface area (TPSA) is 17.8 Å². The summed E-state index contributed by atoms with van der Waals surface area (Å²) in [5.74, 6) is 2.10. The fraction of sp³-hybridized carbons (Fsp3) is 0.462. The van der Waals surface area contributed by atoms with Crippen molar-refractivity contribution in [1.29, 1.82) is 0 Å². The molecule has 0 saturated heterocycles. The number of aromatic nitrogens is 2. The summed E-state index contributed by atoms with van der Waals surface area (Å²) < 4.78 is 15.3. The first-order valence-corrected chi connectivity index (χ1v) is 7.88. The number of fused-ring (bicyclic) bond motifs is 1. The van der Waals surface area contributed by atoms with Crippen molar-refractivity contribution < 1.29 is 4.39 Å². The van der Waals surface area contributed by atoms with Crippen LogP contribution in [0.1, 0.15) is 18.7 Å². The number of hydrogen-bond acceptors (Lipinski definition) is 2. The highest BCUT2D eigenvalue weighted by atomic mass is 35.5. The van der Waals surface area contributed by atoms with E-state index in [2.05, 4.69) is 11.2 Å². The predicted octanol–water partition coefficient (Wildman–Crippen LogP) is 4.06. The maximum atomic E-state index is 13.3. The summed E-state index contributed by atoms with van der Waals surface area (Å²) in [6, 6.07) is 4.68. The highest BCUT2D eigenvalue weighted by Crippen LogP contribution is 2.19. The van der Waals surface area contributed by atoms with Crippen LogP contribution in [0.3, 0.4) is 0 Å². The number of rotatable bonds is 6. The second kappa shape index (κ2) is 6.43. The number of imidazole rings is 1. The van der Waals surface area contributed by atoms with Crippen molar-refractivity contribution in [3.63, 3.8) is 0 Å². The summed E-state index contributed by atoms with van der Waals surface area (Å²) in [5.41, 5.74) is 1.66. The molecule has 0 bridgehead atoms. The summed E-state index contributed by atoms with van der Waals surface area (Å²) in [4.78, 5) is 4.43. The summed E-state index contributed by atoms with van der Waals surface area (Å²) in [5, 5.41) is 0. The van der Waals surface area contributed by atoms with E-state index in [1.54, 1.807) is 6.07 Å². The molecule has 18 heavy (non-hydrogen) atoms. The minimum absolute atomic E-state index is 0.228. The van der Waals surface area contributed by atoms with Crippen LogP contribution in [0, 0.1) is 5.82 Å². The van der Waals surface area contributed by atoms with Crippen LogP contribution in [0.4, 0.5) is 4.39 Å². The normalized spacial score (nSPS) is 11.3. The van der Waals surface area contributed by atoms with Gasteiger partial charge in [0.2, 0.25) is 0 Å². The molecular formula is C13H16ClFN2S. The minimum atomic E-state index is -0.228. The van der Waals surface area contributed by atoms with Crippen LogP contribution < -0.4 is 0 Å². The second-order valence-electron chi connectivity index (χ2n) is 4.15. The Hall–Kier alpha value is -0.740. The quantitative estimate of drug-likeness (QED) is 0.589. The second-order valence-corrected chi connectivity index (χ2v) is 5.40. The highest BCUT2D eigenvalue weighted by Gasteiger charge is 2.10. The van der Waals surface area contributed by atoms with Crippen molar-refractivity contribution in [3.8, 4) is 0 Å². The average molecular weight is 287 g/mol. The van der Waals surface area contributed by atoms with Crippen molar-refractivity contribution >= 4 is 34.4 Å². The van der Waals surface area contributed by atoms with Gasteiger partial charge in [-0.1, -0.05) is 0 Å². The SMILES string of the molecule is CSCCCCn1c(CCl)nc2ccc(F)cc21. The third-order valence-corrected chi connectivity index (χ3v) is 3.83. The predicted molar refractivity (Wildman–Crippen MR) is 76.9 cm³/mol. The number of alkyl halides is 1. The Labute approximate surface area is 116 Å². The van der Waals surface area contributed by atoms with Crippen LogP contribution in [0.25, 0.3) is 11.0 Å². The molecule has 2 aromatic rings. The molecule has 0 atom stereocenters. The monoisotopic (exact) mass is 286 g/mol. The lowest BCUT2D eigenvalue weighted by Crippen LogP contribution is -2.03. The Morgan fingerprint density at radius 1 is 1.39 bits per heavy atom. The Morgan fingerprint density at radius 2 is 2.22 bits per heavy atom. The molecular weight excluding hydrogens is 271 g/mol. The van der Waals surface area contributed by atoms with E-state index in [9.17, 15) is 4.39 Å². The van der Waals surface area contributed by atoms with Gasteiger partial charge in [-0.25, -0.2) is 9.37 Å². The molecule has 5 heteroatoms. The largest absolute Gasteiger partial charge is 0.327 e. The summed E-state index contributed by atoms with van der Waals surface area (Å²) >= 11 is 7.75. The average Bonchev–Trinajstić information content (AvgIpc) is 2.72. The number of unbranched alkanes of at least 4 members (excludes halogenated alkanes) is 1. The lowest BCUT2D eigenvalue weighted by Gasteiger charge is -2.07. The maximum absolute atomic E-state index is 13.3. The molecule has 98 valence electrons. The summed E-state index contributed by atoms with van der Waals surface area (Å²) in [6.07, 6.45) is 4.32. The molecule has 0 saturated carbocycles. The molecule has 0 radical (unpaired) electrons. The Kier molecular flexibility index (Phi) is 4.89. The number of halogens is 2. The first-order chi connectivity index (χ1) is 8.76. The van der Waals surface area contributed by atoms with E-state index in [0.717, 1.165) is 42.0 Å². The van der Waals surface area contributed by atoms with E-state index in [1.807, 2.05) is 16.3 Å². The minimum Gasteiger partial charge on any atom is -0.327 e. The molecule has 2 rings (SSSR count). The zero-order valence-corrected chi connectivity index (χ0v) is 11.9. The molecule has 1 aromatic heterocycles. The fourth-order valence-corrected chi connectivity index (χ4v) is 2.71. The van der Waals surface area contributed by atoms with Crippen LogP contribution in [0.5, 0.6) is 0 Å². The number of nitrogens with zero attached hydrogens (tertiary/aromatic N) is 2. The van der Waals surface area contributed by atoms with Gasteiger partial charge >= 0.3 is 0 Å². The van der Waals surface area contributed by atoms with Crippen molar-refractivity contribution in [2.24, 2.45) is 0 Å². The Balaban J connectivity index is 2.25. The van der Waals surface area contributed by atoms with Gasteiger partial charge < -0.3 is 4.57 Å². The van der Waals surface area contributed by atoms with Gasteiger partial charge in [0.15, 0.2) is 0 Å². The zero-order valence-electron chi connectivity index (χ0n) is 10.3. The lowest BCUT2D eigenvalue weighted by molar-refractivity contribution is 0.618. The van der Waals surface area contributed by atoms with Gasteiger partial charge in [-0.2, -0.15) is 11.8 Å². The van der Waals surface area contributed by atoms with Gasteiger partial charge in [0.05, 0.1) is 16.9 Å². The molecule has 1 heterocycles. The smallest absolute Gasteiger partial charge is 0.125 e. The van der Waals surface area contributed by atoms with Gasteiger partial charge in [-0.05, 0) is 43.0 Å². The Morgan fingerprint density at radius 3 is 2.94 bits per heavy atom. The van der Waals surface area contributed by atoms with Gasteiger partial charge in [-0.3, -0.25) is 0 Å². The van der Waals surface area contributed by atoms with Gasteiger partial charge in [-0.15, -0.1) is 11.6 Å². The molecule has 0 amide bonds. The van der Waals surface area contributed by atoms with Gasteiger partial charge in [0.25, 0.3) is 0 Å². The number of thioether (sulfide) groups is 1. The molecule has 0 N–H and O–H groups in total. The van der Waals surface area contributed by atoms with Crippen molar-refractivity contribution in [2.45, 2.75) is 25.3 Å². The van der Waals surface area contributed by atoms with Crippen molar-refractivity contribution in [3.05, 3.63) is 29.8 Å². The van der Waals surface area contributed by atoms with E-state index in [4.69, 9.17) is 11.6 Å². The molecule has 2 nitrogen and oxygen atoms in total. The summed E-state index contributed by atoms with van der Waals surface area (Å²) in [6.45, 7) is 0.850.